The first-order valence-electron chi connectivity index (χ1n) is 8.86. The van der Waals surface area contributed by atoms with E-state index in [-0.39, 0.29) is 0 Å². The molecule has 4 aromatic rings. The molecule has 0 amide bonds. The van der Waals surface area contributed by atoms with Gasteiger partial charge in [0.05, 0.1) is 19.0 Å². The summed E-state index contributed by atoms with van der Waals surface area (Å²) >= 11 is 1.84. The van der Waals surface area contributed by atoms with Gasteiger partial charge in [0, 0.05) is 27.8 Å². The Morgan fingerprint density at radius 1 is 0.889 bits per heavy atom. The van der Waals surface area contributed by atoms with E-state index >= 15 is 0 Å². The van der Waals surface area contributed by atoms with E-state index in [0.717, 1.165) is 34.4 Å². The average molecular weight is 372 g/mol. The van der Waals surface area contributed by atoms with Gasteiger partial charge in [-0.2, -0.15) is 10.2 Å². The summed E-state index contributed by atoms with van der Waals surface area (Å²) in [6.45, 7) is 0. The van der Waals surface area contributed by atoms with Crippen LogP contribution >= 0.6 is 11.8 Å². The minimum atomic E-state index is 0.734. The van der Waals surface area contributed by atoms with E-state index in [1.807, 2.05) is 42.2 Å². The van der Waals surface area contributed by atoms with Crippen LogP contribution in [0.1, 0.15) is 16.8 Å². The first-order chi connectivity index (χ1) is 13.3. The van der Waals surface area contributed by atoms with Gasteiger partial charge in [0.25, 0.3) is 0 Å². The molecule has 0 saturated carbocycles. The summed E-state index contributed by atoms with van der Waals surface area (Å²) in [6, 6.07) is 25.2. The van der Waals surface area contributed by atoms with Gasteiger partial charge in [-0.05, 0) is 35.4 Å². The van der Waals surface area contributed by atoms with Gasteiger partial charge >= 0.3 is 0 Å². The zero-order chi connectivity index (χ0) is 18.5. The van der Waals surface area contributed by atoms with Crippen LogP contribution in [-0.2, 0) is 12.2 Å². The second-order valence-electron chi connectivity index (χ2n) is 6.34. The van der Waals surface area contributed by atoms with Crippen LogP contribution in [0.5, 0.6) is 5.75 Å². The van der Waals surface area contributed by atoms with E-state index < -0.39 is 0 Å². The maximum Gasteiger partial charge on any atom is 0.119 e. The SMILES string of the molecule is COc1cccc(Cc2nncc3cc(SCc4ccccc4)ccc23)c1. The molecule has 1 heterocycles. The lowest BCUT2D eigenvalue weighted by atomic mass is 10.0. The highest BCUT2D eigenvalue weighted by Crippen LogP contribution is 2.28. The van der Waals surface area contributed by atoms with Crippen LogP contribution in [0.25, 0.3) is 10.8 Å². The highest BCUT2D eigenvalue weighted by Gasteiger charge is 2.07. The van der Waals surface area contributed by atoms with Crippen LogP contribution in [0.4, 0.5) is 0 Å². The van der Waals surface area contributed by atoms with E-state index in [9.17, 15) is 0 Å². The van der Waals surface area contributed by atoms with Gasteiger partial charge < -0.3 is 4.74 Å². The van der Waals surface area contributed by atoms with Crippen LogP contribution in [0.3, 0.4) is 0 Å². The summed E-state index contributed by atoms with van der Waals surface area (Å²) in [5, 5.41) is 10.9. The lowest BCUT2D eigenvalue weighted by Gasteiger charge is -2.08. The second kappa shape index (κ2) is 8.23. The maximum absolute atomic E-state index is 5.32. The van der Waals surface area contributed by atoms with Crippen molar-refractivity contribution >= 4 is 22.5 Å². The normalized spacial score (nSPS) is 10.9. The number of ether oxygens (including phenoxy) is 1. The van der Waals surface area contributed by atoms with Gasteiger partial charge in [0.1, 0.15) is 5.75 Å². The Morgan fingerprint density at radius 2 is 1.74 bits per heavy atom. The minimum Gasteiger partial charge on any atom is -0.497 e. The van der Waals surface area contributed by atoms with Gasteiger partial charge in [-0.3, -0.25) is 0 Å². The summed E-state index contributed by atoms with van der Waals surface area (Å²) in [7, 11) is 1.69. The fraction of sp³-hybridized carbons (Fsp3) is 0.130. The minimum absolute atomic E-state index is 0.734. The first-order valence-corrected chi connectivity index (χ1v) is 9.84. The Labute approximate surface area is 163 Å². The smallest absolute Gasteiger partial charge is 0.119 e. The molecule has 0 fully saturated rings. The summed E-state index contributed by atoms with van der Waals surface area (Å²) < 4.78 is 5.32. The van der Waals surface area contributed by atoms with Crippen molar-refractivity contribution in [3.63, 3.8) is 0 Å². The molecule has 0 bridgehead atoms. The van der Waals surface area contributed by atoms with Crippen molar-refractivity contribution in [1.82, 2.24) is 10.2 Å². The van der Waals surface area contributed by atoms with E-state index in [4.69, 9.17) is 4.74 Å². The van der Waals surface area contributed by atoms with Crippen LogP contribution < -0.4 is 4.74 Å². The van der Waals surface area contributed by atoms with E-state index in [1.165, 1.54) is 16.0 Å². The second-order valence-corrected chi connectivity index (χ2v) is 7.39. The molecule has 27 heavy (non-hydrogen) atoms. The number of aromatic nitrogens is 2. The van der Waals surface area contributed by atoms with Crippen molar-refractivity contribution < 1.29 is 4.74 Å². The Bertz CT molecular complexity index is 1050. The fourth-order valence-corrected chi connectivity index (χ4v) is 3.96. The van der Waals surface area contributed by atoms with Gasteiger partial charge in [-0.25, -0.2) is 0 Å². The standard InChI is InChI=1S/C23H20N2OS/c1-26-20-9-5-8-18(12-20)13-23-22-11-10-21(14-19(22)15-24-25-23)27-16-17-6-3-2-4-7-17/h2-12,14-15H,13,16H2,1H3. The summed E-state index contributed by atoms with van der Waals surface area (Å²) in [6.07, 6.45) is 2.58. The summed E-state index contributed by atoms with van der Waals surface area (Å²) in [5.74, 6) is 1.82. The quantitative estimate of drug-likeness (QED) is 0.417. The van der Waals surface area contributed by atoms with Gasteiger partial charge in [0.2, 0.25) is 0 Å². The molecule has 0 radical (unpaired) electrons. The van der Waals surface area contributed by atoms with Gasteiger partial charge in [-0.1, -0.05) is 48.5 Å². The lowest BCUT2D eigenvalue weighted by molar-refractivity contribution is 0.414. The third kappa shape index (κ3) is 4.29. The van der Waals surface area contributed by atoms with Crippen LogP contribution in [0, 0.1) is 0 Å². The lowest BCUT2D eigenvalue weighted by Crippen LogP contribution is -1.97. The predicted octanol–water partition coefficient (Wildman–Crippen LogP) is 5.52. The van der Waals surface area contributed by atoms with Crippen molar-refractivity contribution in [3.05, 3.63) is 95.8 Å². The largest absolute Gasteiger partial charge is 0.497 e. The molecular formula is C23H20N2OS. The van der Waals surface area contributed by atoms with E-state index in [0.29, 0.717) is 0 Å². The first kappa shape index (κ1) is 17.6. The summed E-state index contributed by atoms with van der Waals surface area (Å²) in [5.41, 5.74) is 3.48. The zero-order valence-corrected chi connectivity index (χ0v) is 15.9. The zero-order valence-electron chi connectivity index (χ0n) is 15.1. The molecule has 0 atom stereocenters. The molecule has 134 valence electrons. The molecule has 0 spiro atoms. The maximum atomic E-state index is 5.32. The van der Waals surface area contributed by atoms with Crippen LogP contribution in [0.15, 0.2) is 83.9 Å². The number of nitrogens with zero attached hydrogens (tertiary/aromatic N) is 2. The molecule has 0 aliphatic rings. The van der Waals surface area contributed by atoms with Crippen molar-refractivity contribution in [2.45, 2.75) is 17.1 Å². The van der Waals surface area contributed by atoms with Crippen molar-refractivity contribution in [1.29, 1.82) is 0 Å². The van der Waals surface area contributed by atoms with Gasteiger partial charge in [-0.15, -0.1) is 11.8 Å². The molecule has 0 aliphatic heterocycles. The average Bonchev–Trinajstić information content (AvgIpc) is 2.73. The molecule has 3 aromatic carbocycles. The fourth-order valence-electron chi connectivity index (χ4n) is 3.06. The Hall–Kier alpha value is -2.85. The number of fused-ring (bicyclic) bond motifs is 1. The van der Waals surface area contributed by atoms with Crippen molar-refractivity contribution in [3.8, 4) is 5.75 Å². The van der Waals surface area contributed by atoms with E-state index in [1.54, 1.807) is 7.11 Å². The third-order valence-electron chi connectivity index (χ3n) is 4.46. The molecule has 3 nitrogen and oxygen atoms in total. The summed E-state index contributed by atoms with van der Waals surface area (Å²) in [4.78, 5) is 1.24. The molecule has 0 N–H and O–H groups in total. The Kier molecular flexibility index (Phi) is 5.35. The van der Waals surface area contributed by atoms with Crippen molar-refractivity contribution in [2.75, 3.05) is 7.11 Å². The molecular weight excluding hydrogens is 352 g/mol. The van der Waals surface area contributed by atoms with Crippen LogP contribution in [-0.4, -0.2) is 17.3 Å². The molecule has 4 heteroatoms. The monoisotopic (exact) mass is 372 g/mol. The van der Waals surface area contributed by atoms with Crippen molar-refractivity contribution in [2.24, 2.45) is 0 Å². The van der Waals surface area contributed by atoms with Gasteiger partial charge in [0.15, 0.2) is 0 Å². The van der Waals surface area contributed by atoms with E-state index in [2.05, 4.69) is 58.7 Å². The topological polar surface area (TPSA) is 35.0 Å². The molecule has 0 saturated heterocycles. The molecule has 0 aliphatic carbocycles. The van der Waals surface area contributed by atoms with Crippen LogP contribution in [0.2, 0.25) is 0 Å². The number of hydrogen-bond acceptors (Lipinski definition) is 4. The Balaban J connectivity index is 1.56. The number of thioether (sulfide) groups is 1. The predicted molar refractivity (Wildman–Crippen MR) is 111 cm³/mol. The number of rotatable bonds is 6. The highest BCUT2D eigenvalue weighted by molar-refractivity contribution is 7.98. The third-order valence-corrected chi connectivity index (χ3v) is 5.53. The number of hydrogen-bond donors (Lipinski definition) is 0. The highest BCUT2D eigenvalue weighted by atomic mass is 32.2. The number of methoxy groups -OCH3 is 1. The Morgan fingerprint density at radius 3 is 2.59 bits per heavy atom. The molecule has 4 rings (SSSR count). The molecule has 0 unspecified atom stereocenters. The number of benzene rings is 3. The molecule has 1 aromatic heterocycles.